The van der Waals surface area contributed by atoms with Crippen LogP contribution in [0.1, 0.15) is 229 Å². The number of carboxylic acids is 2. The highest BCUT2D eigenvalue weighted by Crippen LogP contribution is 2.39. The molecule has 0 saturated carbocycles. The van der Waals surface area contributed by atoms with Gasteiger partial charge in [-0.05, 0) is 49.4 Å². The van der Waals surface area contributed by atoms with E-state index >= 15 is 0 Å². The molecule has 380 valence electrons. The lowest BCUT2D eigenvalue weighted by Crippen LogP contribution is -2.51. The van der Waals surface area contributed by atoms with Crippen LogP contribution in [0.2, 0.25) is 0 Å². The molecule has 0 aliphatic heterocycles. The van der Waals surface area contributed by atoms with Gasteiger partial charge in [0.25, 0.3) is 20.2 Å². The van der Waals surface area contributed by atoms with Gasteiger partial charge in [0.1, 0.15) is 0 Å². The SMILES string of the molecule is CC(C)CCCCCCCC(CCCCCCCC(C)C)(C(=O)O)C(C(=O)O)S(=O)(=O)O.CC(C)CCCCCCCOC(=O)CC(C(=O)OCCCCCCCC(C)C)S(=O)(=O)O. The molecule has 0 heterocycles. The molecule has 0 saturated heterocycles. The lowest BCUT2D eigenvalue weighted by molar-refractivity contribution is -0.156. The molecule has 0 aliphatic carbocycles. The maximum absolute atomic E-state index is 12.3. The van der Waals surface area contributed by atoms with E-state index < -0.39 is 66.4 Å². The molecule has 0 bridgehead atoms. The number of hydrogen-bond acceptors (Lipinski definition) is 10. The van der Waals surface area contributed by atoms with Gasteiger partial charge in [-0.15, -0.1) is 0 Å². The molecule has 0 aliphatic rings. The van der Waals surface area contributed by atoms with Crippen molar-refractivity contribution in [3.63, 3.8) is 0 Å². The number of hydrogen-bond donors (Lipinski definition) is 4. The smallest absolute Gasteiger partial charge is 0.327 e. The van der Waals surface area contributed by atoms with E-state index in [1.807, 2.05) is 0 Å². The first-order valence-electron chi connectivity index (χ1n) is 24.6. The molecular formula is C48H92O14S2. The molecule has 0 radical (unpaired) electrons. The van der Waals surface area contributed by atoms with Crippen LogP contribution in [0.5, 0.6) is 0 Å². The largest absolute Gasteiger partial charge is 0.481 e. The first kappa shape index (κ1) is 63.8. The highest BCUT2D eigenvalue weighted by Gasteiger charge is 2.55. The molecule has 0 spiro atoms. The standard InChI is InChI=1S/2C24H46O7S/c1-20(2)15-11-7-5-9-13-17-30-23(25)19-22(32(27,28)29)24(26)31-18-14-10-6-8-12-16-21(3)4;1-19(2)15-11-7-5-9-13-17-24(23(27)28,21(22(25)26)32(29,30)31)18-14-10-6-8-12-16-20(3)4/h20-22H,5-19H2,1-4H3,(H,27,28,29);19-21H,5-18H2,1-4H3,(H,25,26)(H,27,28)(H,29,30,31). The summed E-state index contributed by atoms with van der Waals surface area (Å²) in [4.78, 5) is 48.1. The summed E-state index contributed by atoms with van der Waals surface area (Å²) in [5.41, 5.74) is -2.02. The number of rotatable bonds is 40. The van der Waals surface area contributed by atoms with Crippen LogP contribution in [0.3, 0.4) is 0 Å². The van der Waals surface area contributed by atoms with Gasteiger partial charge in [0.2, 0.25) is 0 Å². The summed E-state index contributed by atoms with van der Waals surface area (Å²) in [5, 5.41) is 15.2. The van der Waals surface area contributed by atoms with Crippen molar-refractivity contribution in [1.29, 1.82) is 0 Å². The van der Waals surface area contributed by atoms with Gasteiger partial charge in [-0.2, -0.15) is 16.8 Å². The normalized spacial score (nSPS) is 13.2. The quantitative estimate of drug-likeness (QED) is 0.0254. The third-order valence-corrected chi connectivity index (χ3v) is 13.9. The zero-order chi connectivity index (χ0) is 49.2. The average Bonchev–Trinajstić information content (AvgIpc) is 3.16. The molecule has 0 rings (SSSR count). The zero-order valence-corrected chi connectivity index (χ0v) is 42.8. The maximum Gasteiger partial charge on any atom is 0.327 e. The molecule has 0 aromatic heterocycles. The summed E-state index contributed by atoms with van der Waals surface area (Å²) in [6, 6.07) is 0. The van der Waals surface area contributed by atoms with Crippen LogP contribution in [0, 0.1) is 29.1 Å². The molecule has 4 N–H and O–H groups in total. The van der Waals surface area contributed by atoms with Crippen LogP contribution in [0.25, 0.3) is 0 Å². The Hall–Kier alpha value is -2.30. The van der Waals surface area contributed by atoms with Crippen LogP contribution < -0.4 is 0 Å². The summed E-state index contributed by atoms with van der Waals surface area (Å²) in [6.45, 7) is 17.7. The topological polar surface area (TPSA) is 236 Å². The maximum atomic E-state index is 12.3. The highest BCUT2D eigenvalue weighted by molar-refractivity contribution is 7.87. The minimum absolute atomic E-state index is 0.0703. The highest BCUT2D eigenvalue weighted by atomic mass is 32.2. The van der Waals surface area contributed by atoms with E-state index in [1.165, 1.54) is 25.7 Å². The molecule has 64 heavy (non-hydrogen) atoms. The molecule has 0 aromatic rings. The van der Waals surface area contributed by atoms with E-state index in [2.05, 4.69) is 55.4 Å². The van der Waals surface area contributed by atoms with Gasteiger partial charge in [0.15, 0.2) is 10.5 Å². The monoisotopic (exact) mass is 957 g/mol. The van der Waals surface area contributed by atoms with Crippen molar-refractivity contribution in [3.8, 4) is 0 Å². The van der Waals surface area contributed by atoms with Gasteiger partial charge in [-0.25, -0.2) is 0 Å². The molecule has 2 atom stereocenters. The molecule has 0 aromatic carbocycles. The van der Waals surface area contributed by atoms with Crippen LogP contribution >= 0.6 is 0 Å². The molecular weight excluding hydrogens is 865 g/mol. The van der Waals surface area contributed by atoms with E-state index in [0.717, 1.165) is 89.9 Å². The summed E-state index contributed by atoms with van der Waals surface area (Å²) >= 11 is 0. The summed E-state index contributed by atoms with van der Waals surface area (Å²) in [6.07, 6.45) is 21.8. The molecule has 0 amide bonds. The third-order valence-electron chi connectivity index (χ3n) is 11.6. The van der Waals surface area contributed by atoms with Gasteiger partial charge in [-0.3, -0.25) is 28.3 Å². The van der Waals surface area contributed by atoms with Gasteiger partial charge in [0, 0.05) is 0 Å². The summed E-state index contributed by atoms with van der Waals surface area (Å²) in [7, 11) is -9.82. The second-order valence-electron chi connectivity index (χ2n) is 19.6. The number of carboxylic acid groups (broad SMARTS) is 2. The average molecular weight is 957 g/mol. The minimum atomic E-state index is -5.07. The molecule has 0 fully saturated rings. The number of ether oxygens (including phenoxy) is 2. The fraction of sp³-hybridized carbons (Fsp3) is 0.917. The molecule has 16 heteroatoms. The second-order valence-corrected chi connectivity index (χ2v) is 22.7. The van der Waals surface area contributed by atoms with Crippen LogP contribution in [0.15, 0.2) is 0 Å². The Morgan fingerprint density at radius 3 is 1.06 bits per heavy atom. The minimum Gasteiger partial charge on any atom is -0.481 e. The second kappa shape index (κ2) is 36.8. The predicted molar refractivity (Wildman–Crippen MR) is 254 cm³/mol. The van der Waals surface area contributed by atoms with Crippen molar-refractivity contribution >= 4 is 44.1 Å². The van der Waals surface area contributed by atoms with Gasteiger partial charge in [0.05, 0.1) is 25.0 Å². The van der Waals surface area contributed by atoms with Crippen LogP contribution in [-0.2, 0) is 48.9 Å². The first-order valence-corrected chi connectivity index (χ1v) is 27.6. The van der Waals surface area contributed by atoms with Crippen LogP contribution in [-0.4, -0.2) is 83.7 Å². The van der Waals surface area contributed by atoms with Crippen molar-refractivity contribution in [2.24, 2.45) is 29.1 Å². The number of carbonyl (C=O) groups excluding carboxylic acids is 2. The summed E-state index contributed by atoms with van der Waals surface area (Å²) < 4.78 is 75.9. The Bertz CT molecular complexity index is 1440. The fourth-order valence-electron chi connectivity index (χ4n) is 7.75. The lowest BCUT2D eigenvalue weighted by Gasteiger charge is -2.33. The van der Waals surface area contributed by atoms with Crippen molar-refractivity contribution in [1.82, 2.24) is 0 Å². The van der Waals surface area contributed by atoms with Gasteiger partial charge >= 0.3 is 23.9 Å². The number of carbonyl (C=O) groups is 4. The van der Waals surface area contributed by atoms with E-state index in [9.17, 15) is 55.3 Å². The van der Waals surface area contributed by atoms with E-state index in [1.54, 1.807) is 0 Å². The Balaban J connectivity index is 0. The Kier molecular flexibility index (Phi) is 36.7. The Labute approximate surface area is 389 Å². The van der Waals surface area contributed by atoms with E-state index in [-0.39, 0.29) is 26.1 Å². The summed E-state index contributed by atoms with van der Waals surface area (Å²) in [5.74, 6) is -2.52. The predicted octanol–water partition coefficient (Wildman–Crippen LogP) is 11.9. The van der Waals surface area contributed by atoms with E-state index in [0.29, 0.717) is 62.2 Å². The zero-order valence-electron chi connectivity index (χ0n) is 41.2. The van der Waals surface area contributed by atoms with Crippen molar-refractivity contribution in [2.45, 2.75) is 239 Å². The van der Waals surface area contributed by atoms with Crippen LogP contribution in [0.4, 0.5) is 0 Å². The number of esters is 2. The first-order chi connectivity index (χ1) is 29.9. The fourth-order valence-corrected chi connectivity index (χ4v) is 9.57. The molecule has 2 unspecified atom stereocenters. The van der Waals surface area contributed by atoms with Crippen molar-refractivity contribution in [2.75, 3.05) is 13.2 Å². The third kappa shape index (κ3) is 34.1. The van der Waals surface area contributed by atoms with Gasteiger partial charge in [-0.1, -0.05) is 197 Å². The van der Waals surface area contributed by atoms with E-state index in [4.69, 9.17) is 9.47 Å². The van der Waals surface area contributed by atoms with Crippen molar-refractivity contribution < 1.29 is 64.8 Å². The van der Waals surface area contributed by atoms with Gasteiger partial charge < -0.3 is 19.7 Å². The van der Waals surface area contributed by atoms with Crippen molar-refractivity contribution in [3.05, 3.63) is 0 Å². The Morgan fingerprint density at radius 1 is 0.453 bits per heavy atom. The molecule has 14 nitrogen and oxygen atoms in total. The Morgan fingerprint density at radius 2 is 0.766 bits per heavy atom. The number of unbranched alkanes of at least 4 members (excludes halogenated alkanes) is 16. The lowest BCUT2D eigenvalue weighted by atomic mass is 9.74. The number of aliphatic carboxylic acids is 2.